The molecule has 2 aromatic heterocycles. The highest BCUT2D eigenvalue weighted by atomic mass is 16.4. The third-order valence-corrected chi connectivity index (χ3v) is 5.03. The Morgan fingerprint density at radius 3 is 2.93 bits per heavy atom. The minimum atomic E-state index is -1.02. The van der Waals surface area contributed by atoms with Crippen molar-refractivity contribution < 1.29 is 19.8 Å². The molecule has 1 fully saturated rings. The molecular weight excluding hydrogens is 348 g/mol. The molecule has 0 aliphatic carbocycles. The molecule has 2 N–H and O–H groups in total. The lowest BCUT2D eigenvalue weighted by Crippen LogP contribution is -2.55. The van der Waals surface area contributed by atoms with Gasteiger partial charge in [-0.15, -0.1) is 0 Å². The molecule has 0 unspecified atom stereocenters. The molecule has 1 aliphatic heterocycles. The first-order valence-corrected chi connectivity index (χ1v) is 9.23. The molecule has 1 aliphatic rings. The number of rotatable bonds is 7. The lowest BCUT2D eigenvalue weighted by molar-refractivity contribution is -0.137. The number of carbonyl (C=O) groups excluding carboxylic acids is 1. The number of aliphatic carboxylic acids is 1. The lowest BCUT2D eigenvalue weighted by Gasteiger charge is -2.41. The summed E-state index contributed by atoms with van der Waals surface area (Å²) in [7, 11) is 1.66. The number of carboxylic acid groups (broad SMARTS) is 1. The molecule has 3 rings (SSSR count). The van der Waals surface area contributed by atoms with Gasteiger partial charge in [-0.25, -0.2) is 4.98 Å². The average Bonchev–Trinajstić information content (AvgIpc) is 3.09. The third kappa shape index (κ3) is 4.57. The van der Waals surface area contributed by atoms with Crippen molar-refractivity contribution in [2.24, 2.45) is 0 Å². The van der Waals surface area contributed by atoms with Gasteiger partial charge in [0.25, 0.3) is 0 Å². The SMILES string of the molecule is CN(C[C@]1(O)CCCN(c2nccn3cccc23)C1)C(=O)CCCC(=O)O. The highest BCUT2D eigenvalue weighted by Crippen LogP contribution is 2.28. The number of amides is 1. The van der Waals surface area contributed by atoms with Crippen molar-refractivity contribution in [1.82, 2.24) is 14.3 Å². The van der Waals surface area contributed by atoms with Crippen LogP contribution in [0.4, 0.5) is 5.82 Å². The van der Waals surface area contributed by atoms with Crippen molar-refractivity contribution in [2.45, 2.75) is 37.7 Å². The fourth-order valence-electron chi connectivity index (χ4n) is 3.73. The molecule has 1 saturated heterocycles. The summed E-state index contributed by atoms with van der Waals surface area (Å²) in [5.74, 6) is -0.219. The van der Waals surface area contributed by atoms with Gasteiger partial charge in [-0.3, -0.25) is 9.59 Å². The van der Waals surface area contributed by atoms with Gasteiger partial charge in [0.15, 0.2) is 5.82 Å². The molecular formula is C19H26N4O4. The minimum absolute atomic E-state index is 0.0232. The van der Waals surface area contributed by atoms with E-state index in [9.17, 15) is 14.7 Å². The molecule has 8 nitrogen and oxygen atoms in total. The number of aliphatic hydroxyl groups is 1. The van der Waals surface area contributed by atoms with E-state index < -0.39 is 11.6 Å². The second-order valence-corrected chi connectivity index (χ2v) is 7.30. The number of anilines is 1. The van der Waals surface area contributed by atoms with E-state index in [2.05, 4.69) is 9.88 Å². The lowest BCUT2D eigenvalue weighted by atomic mass is 9.92. The summed E-state index contributed by atoms with van der Waals surface area (Å²) in [6.45, 7) is 1.42. The molecule has 8 heteroatoms. The highest BCUT2D eigenvalue weighted by Gasteiger charge is 2.36. The summed E-state index contributed by atoms with van der Waals surface area (Å²) >= 11 is 0. The zero-order valence-electron chi connectivity index (χ0n) is 15.5. The predicted molar refractivity (Wildman–Crippen MR) is 101 cm³/mol. The Kier molecular flexibility index (Phi) is 5.65. The highest BCUT2D eigenvalue weighted by molar-refractivity contribution is 5.77. The fourth-order valence-corrected chi connectivity index (χ4v) is 3.73. The first-order chi connectivity index (χ1) is 12.9. The Labute approximate surface area is 158 Å². The zero-order valence-corrected chi connectivity index (χ0v) is 15.5. The van der Waals surface area contributed by atoms with Crippen LogP contribution in [0.5, 0.6) is 0 Å². The van der Waals surface area contributed by atoms with E-state index in [-0.39, 0.29) is 25.3 Å². The van der Waals surface area contributed by atoms with Gasteiger partial charge >= 0.3 is 5.97 Å². The summed E-state index contributed by atoms with van der Waals surface area (Å²) in [5.41, 5.74) is -0.0313. The molecule has 146 valence electrons. The quantitative estimate of drug-likeness (QED) is 0.760. The molecule has 0 bridgehead atoms. The molecule has 2 aromatic rings. The molecule has 0 aromatic carbocycles. The second kappa shape index (κ2) is 7.96. The number of piperidine rings is 1. The van der Waals surface area contributed by atoms with Crippen LogP contribution in [0.1, 0.15) is 32.1 Å². The van der Waals surface area contributed by atoms with E-state index in [1.165, 1.54) is 4.90 Å². The first-order valence-electron chi connectivity index (χ1n) is 9.23. The van der Waals surface area contributed by atoms with Crippen molar-refractivity contribution in [3.63, 3.8) is 0 Å². The average molecular weight is 374 g/mol. The van der Waals surface area contributed by atoms with Gasteiger partial charge in [0, 0.05) is 51.6 Å². The van der Waals surface area contributed by atoms with Crippen LogP contribution in [0, 0.1) is 0 Å². The largest absolute Gasteiger partial charge is 0.481 e. The molecule has 27 heavy (non-hydrogen) atoms. The summed E-state index contributed by atoms with van der Waals surface area (Å²) in [6.07, 6.45) is 7.47. The smallest absolute Gasteiger partial charge is 0.303 e. The zero-order chi connectivity index (χ0) is 19.4. The van der Waals surface area contributed by atoms with Crippen molar-refractivity contribution in [1.29, 1.82) is 0 Å². The monoisotopic (exact) mass is 374 g/mol. The van der Waals surface area contributed by atoms with Gasteiger partial charge in [-0.2, -0.15) is 0 Å². The van der Waals surface area contributed by atoms with Crippen molar-refractivity contribution in [3.05, 3.63) is 30.7 Å². The number of likely N-dealkylation sites (N-methyl/N-ethyl adjacent to an activating group) is 1. The number of carbonyl (C=O) groups is 2. The van der Waals surface area contributed by atoms with Crippen LogP contribution in [0.3, 0.4) is 0 Å². The Morgan fingerprint density at radius 1 is 1.33 bits per heavy atom. The predicted octanol–water partition coefficient (Wildman–Crippen LogP) is 1.38. The van der Waals surface area contributed by atoms with Gasteiger partial charge in [0.2, 0.25) is 5.91 Å². The number of hydrogen-bond acceptors (Lipinski definition) is 5. The summed E-state index contributed by atoms with van der Waals surface area (Å²) in [4.78, 5) is 30.9. The van der Waals surface area contributed by atoms with Gasteiger partial charge in [0.05, 0.1) is 17.7 Å². The maximum atomic E-state index is 12.2. The number of β-amino-alcohol motifs (C(OH)–C–C–N with tert-alkyl or cyclic N) is 1. The molecule has 1 amide bonds. The van der Waals surface area contributed by atoms with Crippen LogP contribution in [0.25, 0.3) is 5.52 Å². The van der Waals surface area contributed by atoms with Crippen molar-refractivity contribution >= 4 is 23.2 Å². The van der Waals surface area contributed by atoms with Crippen LogP contribution < -0.4 is 4.90 Å². The molecule has 0 saturated carbocycles. The van der Waals surface area contributed by atoms with Crippen LogP contribution in [0.2, 0.25) is 0 Å². The molecule has 3 heterocycles. The van der Waals surface area contributed by atoms with Gasteiger partial charge in [-0.05, 0) is 31.4 Å². The van der Waals surface area contributed by atoms with Crippen molar-refractivity contribution in [2.75, 3.05) is 31.6 Å². The Morgan fingerprint density at radius 2 is 2.15 bits per heavy atom. The Bertz CT molecular complexity index is 821. The van der Waals surface area contributed by atoms with Crippen molar-refractivity contribution in [3.8, 4) is 0 Å². The number of carboxylic acids is 1. The van der Waals surface area contributed by atoms with E-state index in [0.29, 0.717) is 19.4 Å². The molecule has 1 atom stereocenters. The topological polar surface area (TPSA) is 98.4 Å². The van der Waals surface area contributed by atoms with Gasteiger partial charge in [0.1, 0.15) is 0 Å². The van der Waals surface area contributed by atoms with E-state index >= 15 is 0 Å². The third-order valence-electron chi connectivity index (χ3n) is 5.03. The summed E-state index contributed by atoms with van der Waals surface area (Å²) in [6, 6.07) is 3.95. The van der Waals surface area contributed by atoms with E-state index in [4.69, 9.17) is 5.11 Å². The number of aromatic nitrogens is 2. The summed E-state index contributed by atoms with van der Waals surface area (Å²) in [5, 5.41) is 19.8. The van der Waals surface area contributed by atoms with Crippen LogP contribution >= 0.6 is 0 Å². The standard InChI is InChI=1S/C19H26N4O4/c1-21(16(24)6-2-7-17(25)26)13-19(27)8-4-11-23(14-19)18-15-5-3-10-22(15)12-9-20-18/h3,5,9-10,12,27H,2,4,6-8,11,13-14H2,1H3,(H,25,26)/t19-/m1/s1. The van der Waals surface area contributed by atoms with Crippen LogP contribution in [-0.4, -0.2) is 68.7 Å². The first kappa shape index (κ1) is 19.2. The Hall–Kier alpha value is -2.61. The maximum Gasteiger partial charge on any atom is 0.303 e. The Balaban J connectivity index is 1.64. The molecule has 0 radical (unpaired) electrons. The van der Waals surface area contributed by atoms with Crippen LogP contribution in [-0.2, 0) is 9.59 Å². The van der Waals surface area contributed by atoms with Gasteiger partial charge in [-0.1, -0.05) is 0 Å². The number of fused-ring (bicyclic) bond motifs is 1. The molecule has 0 spiro atoms. The van der Waals surface area contributed by atoms with Gasteiger partial charge < -0.3 is 24.4 Å². The minimum Gasteiger partial charge on any atom is -0.481 e. The number of hydrogen-bond donors (Lipinski definition) is 2. The van der Waals surface area contributed by atoms with Crippen LogP contribution in [0.15, 0.2) is 30.7 Å². The normalized spacial score (nSPS) is 20.0. The van der Waals surface area contributed by atoms with E-state index in [0.717, 1.165) is 24.3 Å². The summed E-state index contributed by atoms with van der Waals surface area (Å²) < 4.78 is 1.99. The van der Waals surface area contributed by atoms with E-state index in [1.807, 2.05) is 28.9 Å². The fraction of sp³-hybridized carbons (Fsp3) is 0.526. The maximum absolute atomic E-state index is 12.2. The van der Waals surface area contributed by atoms with E-state index in [1.54, 1.807) is 13.2 Å². The second-order valence-electron chi connectivity index (χ2n) is 7.30. The number of nitrogens with zero attached hydrogens (tertiary/aromatic N) is 4.